The summed E-state index contributed by atoms with van der Waals surface area (Å²) in [4.78, 5) is 21.4. The molecule has 1 aliphatic rings. The van der Waals surface area contributed by atoms with Crippen molar-refractivity contribution >= 4 is 34.7 Å². The predicted octanol–water partition coefficient (Wildman–Crippen LogP) is 3.97. The molecule has 162 valence electrons. The van der Waals surface area contributed by atoms with Gasteiger partial charge in [-0.2, -0.15) is 18.3 Å². The van der Waals surface area contributed by atoms with Gasteiger partial charge in [-0.25, -0.2) is 0 Å². The summed E-state index contributed by atoms with van der Waals surface area (Å²) in [5, 5.41) is 21.8. The van der Waals surface area contributed by atoms with E-state index in [-0.39, 0.29) is 28.9 Å². The second-order valence-corrected chi connectivity index (χ2v) is 6.90. The van der Waals surface area contributed by atoms with Crippen molar-refractivity contribution < 1.29 is 32.4 Å². The van der Waals surface area contributed by atoms with E-state index in [2.05, 4.69) is 15.5 Å². The van der Waals surface area contributed by atoms with E-state index in [9.17, 15) is 28.1 Å². The normalized spacial score (nSPS) is 15.4. The van der Waals surface area contributed by atoms with E-state index in [1.165, 1.54) is 43.3 Å². The van der Waals surface area contributed by atoms with Crippen LogP contribution >= 0.6 is 11.8 Å². The second kappa shape index (κ2) is 9.04. The standard InChI is InChI=1S/C18H13F3N4O5S/c1-29-15-6-10(8-22-24-17-23-16(26)9-31-17)2-4-14(15)30-13-5-3-11(18(19,20)21)7-12(13)25(27)28/h2-8H,9H2,1H3,(H,23,24,26)/b22-8-. The molecule has 0 saturated carbocycles. The molecular weight excluding hydrogens is 441 g/mol. The number of nitrogens with one attached hydrogen (secondary N) is 1. The first-order valence-corrected chi connectivity index (χ1v) is 9.41. The van der Waals surface area contributed by atoms with Crippen LogP contribution in [-0.4, -0.2) is 35.1 Å². The molecule has 0 bridgehead atoms. The number of rotatable bonds is 6. The van der Waals surface area contributed by atoms with E-state index in [1.54, 1.807) is 0 Å². The lowest BCUT2D eigenvalue weighted by molar-refractivity contribution is -0.385. The quantitative estimate of drug-likeness (QED) is 0.401. The number of ether oxygens (including phenoxy) is 2. The molecule has 1 fully saturated rings. The van der Waals surface area contributed by atoms with Crippen molar-refractivity contribution in [3.8, 4) is 17.2 Å². The molecule has 0 aromatic heterocycles. The van der Waals surface area contributed by atoms with E-state index in [4.69, 9.17) is 9.47 Å². The number of amidine groups is 1. The highest BCUT2D eigenvalue weighted by Crippen LogP contribution is 2.40. The number of carbonyl (C=O) groups excluding carboxylic acids is 1. The summed E-state index contributed by atoms with van der Waals surface area (Å²) >= 11 is 1.21. The van der Waals surface area contributed by atoms with Crippen LogP contribution in [0.3, 0.4) is 0 Å². The van der Waals surface area contributed by atoms with Crippen molar-refractivity contribution in [1.29, 1.82) is 0 Å². The van der Waals surface area contributed by atoms with E-state index in [0.717, 1.165) is 6.07 Å². The number of carbonyl (C=O) groups is 1. The van der Waals surface area contributed by atoms with Crippen LogP contribution in [0.25, 0.3) is 0 Å². The van der Waals surface area contributed by atoms with Crippen molar-refractivity contribution in [2.45, 2.75) is 6.18 Å². The number of thioether (sulfide) groups is 1. The van der Waals surface area contributed by atoms with Gasteiger partial charge in [0, 0.05) is 6.07 Å². The predicted molar refractivity (Wildman–Crippen MR) is 107 cm³/mol. The number of halogens is 3. The minimum Gasteiger partial charge on any atom is -0.493 e. The Bertz CT molecular complexity index is 1090. The summed E-state index contributed by atoms with van der Waals surface area (Å²) in [6.45, 7) is 0. The Morgan fingerprint density at radius 1 is 1.19 bits per heavy atom. The lowest BCUT2D eigenvalue weighted by atomic mass is 10.1. The average Bonchev–Trinajstić information content (AvgIpc) is 3.13. The number of benzene rings is 2. The van der Waals surface area contributed by atoms with Gasteiger partial charge in [-0.05, 0) is 35.9 Å². The number of nitrogens with zero attached hydrogens (tertiary/aromatic N) is 3. The van der Waals surface area contributed by atoms with Gasteiger partial charge in [0.2, 0.25) is 11.7 Å². The van der Waals surface area contributed by atoms with Gasteiger partial charge in [-0.15, -0.1) is 5.10 Å². The summed E-state index contributed by atoms with van der Waals surface area (Å²) in [5.41, 5.74) is -1.47. The van der Waals surface area contributed by atoms with Crippen LogP contribution in [0.1, 0.15) is 11.1 Å². The maximum Gasteiger partial charge on any atom is 0.416 e. The molecule has 0 aliphatic carbocycles. The molecule has 2 aromatic rings. The molecule has 1 aliphatic heterocycles. The molecule has 13 heteroatoms. The molecule has 3 rings (SSSR count). The van der Waals surface area contributed by atoms with Gasteiger partial charge in [-0.3, -0.25) is 14.9 Å². The molecular formula is C18H13F3N4O5S. The van der Waals surface area contributed by atoms with Crippen molar-refractivity contribution in [1.82, 2.24) is 5.32 Å². The van der Waals surface area contributed by atoms with Crippen LogP contribution in [0, 0.1) is 10.1 Å². The number of amides is 1. The minimum absolute atomic E-state index is 0.0486. The van der Waals surface area contributed by atoms with Crippen LogP contribution in [0.15, 0.2) is 46.6 Å². The van der Waals surface area contributed by atoms with Crippen molar-refractivity contribution in [2.24, 2.45) is 10.2 Å². The Balaban J connectivity index is 1.84. The van der Waals surface area contributed by atoms with E-state index >= 15 is 0 Å². The Labute approximate surface area is 177 Å². The monoisotopic (exact) mass is 454 g/mol. The lowest BCUT2D eigenvalue weighted by Gasteiger charge is -2.12. The summed E-state index contributed by atoms with van der Waals surface area (Å²) in [5.74, 6) is -0.0658. The molecule has 9 nitrogen and oxygen atoms in total. The van der Waals surface area contributed by atoms with Gasteiger partial charge in [0.05, 0.1) is 29.6 Å². The third kappa shape index (κ3) is 5.51. The van der Waals surface area contributed by atoms with Gasteiger partial charge in [0.1, 0.15) is 0 Å². The lowest BCUT2D eigenvalue weighted by Crippen LogP contribution is -2.19. The SMILES string of the molecule is COc1cc(/C=N\N=C2/NC(=O)CS2)ccc1Oc1ccc(C(F)(F)F)cc1[N+](=O)[O-]. The van der Waals surface area contributed by atoms with Gasteiger partial charge in [0.15, 0.2) is 16.7 Å². The molecule has 0 atom stereocenters. The van der Waals surface area contributed by atoms with Gasteiger partial charge < -0.3 is 14.8 Å². The van der Waals surface area contributed by atoms with Gasteiger partial charge in [-0.1, -0.05) is 11.8 Å². The molecule has 0 unspecified atom stereocenters. The Morgan fingerprint density at radius 2 is 1.94 bits per heavy atom. The van der Waals surface area contributed by atoms with Crippen molar-refractivity contribution in [3.63, 3.8) is 0 Å². The third-order valence-electron chi connectivity index (χ3n) is 3.83. The first-order valence-electron chi connectivity index (χ1n) is 8.42. The van der Waals surface area contributed by atoms with Crippen molar-refractivity contribution in [3.05, 3.63) is 57.6 Å². The summed E-state index contributed by atoms with van der Waals surface area (Å²) in [6.07, 6.45) is -3.35. The van der Waals surface area contributed by atoms with Gasteiger partial charge >= 0.3 is 11.9 Å². The second-order valence-electron chi connectivity index (χ2n) is 5.94. The molecule has 1 amide bonds. The number of hydrogen-bond acceptors (Lipinski definition) is 8. The van der Waals surface area contributed by atoms with Crippen LogP contribution in [0.5, 0.6) is 17.2 Å². The number of alkyl halides is 3. The zero-order chi connectivity index (χ0) is 22.6. The molecule has 1 saturated heterocycles. The van der Waals surface area contributed by atoms with E-state index < -0.39 is 22.4 Å². The summed E-state index contributed by atoms with van der Waals surface area (Å²) in [6, 6.07) is 6.42. The van der Waals surface area contributed by atoms with E-state index in [0.29, 0.717) is 22.9 Å². The number of nitro groups is 1. The molecule has 0 radical (unpaired) electrons. The van der Waals surface area contributed by atoms with Crippen molar-refractivity contribution in [2.75, 3.05) is 12.9 Å². The Kier molecular flexibility index (Phi) is 6.44. The Morgan fingerprint density at radius 3 is 2.55 bits per heavy atom. The molecule has 1 N–H and O–H groups in total. The minimum atomic E-state index is -4.73. The van der Waals surface area contributed by atoms with Crippen LogP contribution in [0.2, 0.25) is 0 Å². The summed E-state index contributed by atoms with van der Waals surface area (Å²) < 4.78 is 49.2. The smallest absolute Gasteiger partial charge is 0.416 e. The fourth-order valence-corrected chi connectivity index (χ4v) is 3.05. The highest BCUT2D eigenvalue weighted by atomic mass is 32.2. The van der Waals surface area contributed by atoms with Gasteiger partial charge in [0.25, 0.3) is 0 Å². The molecule has 31 heavy (non-hydrogen) atoms. The Hall–Kier alpha value is -3.61. The highest BCUT2D eigenvalue weighted by Gasteiger charge is 2.33. The largest absolute Gasteiger partial charge is 0.493 e. The fourth-order valence-electron chi connectivity index (χ4n) is 2.42. The van der Waals surface area contributed by atoms with Crippen LogP contribution in [-0.2, 0) is 11.0 Å². The number of nitro benzene ring substituents is 1. The zero-order valence-electron chi connectivity index (χ0n) is 15.7. The molecule has 0 spiro atoms. The highest BCUT2D eigenvalue weighted by molar-refractivity contribution is 8.15. The van der Waals surface area contributed by atoms with E-state index in [1.807, 2.05) is 0 Å². The zero-order valence-corrected chi connectivity index (χ0v) is 16.5. The summed E-state index contributed by atoms with van der Waals surface area (Å²) in [7, 11) is 1.33. The maximum atomic E-state index is 12.8. The first kappa shape index (κ1) is 22.1. The average molecular weight is 454 g/mol. The first-order chi connectivity index (χ1) is 14.7. The topological polar surface area (TPSA) is 115 Å². The molecule has 2 aromatic carbocycles. The molecule has 1 heterocycles. The third-order valence-corrected chi connectivity index (χ3v) is 4.70. The number of methoxy groups -OCH3 is 1. The van der Waals surface area contributed by atoms with Crippen LogP contribution < -0.4 is 14.8 Å². The maximum absolute atomic E-state index is 12.8. The number of hydrogen-bond donors (Lipinski definition) is 1. The fraction of sp³-hybridized carbons (Fsp3) is 0.167. The van der Waals surface area contributed by atoms with Crippen LogP contribution in [0.4, 0.5) is 18.9 Å².